The van der Waals surface area contributed by atoms with E-state index < -0.39 is 17.4 Å². The summed E-state index contributed by atoms with van der Waals surface area (Å²) in [5.74, 6) is -1.56. The van der Waals surface area contributed by atoms with E-state index in [1.54, 1.807) is 42.2 Å². The monoisotopic (exact) mass is 393 g/mol. The molecule has 1 unspecified atom stereocenters. The van der Waals surface area contributed by atoms with Crippen LogP contribution in [0, 0.1) is 0 Å². The zero-order valence-corrected chi connectivity index (χ0v) is 16.2. The number of amides is 3. The molecule has 2 heterocycles. The number of hydrogen-bond donors (Lipinski definition) is 3. The van der Waals surface area contributed by atoms with Gasteiger partial charge in [-0.1, -0.05) is 30.3 Å². The number of nitrogens with one attached hydrogen (secondary N) is 2. The molecule has 0 fully saturated rings. The second-order valence-corrected chi connectivity index (χ2v) is 7.75. The van der Waals surface area contributed by atoms with Gasteiger partial charge in [-0.15, -0.1) is 0 Å². The molecule has 0 aromatic heterocycles. The number of carbonyl (C=O) groups is 3. The molecule has 2 aromatic rings. The second kappa shape index (κ2) is 7.33. The van der Waals surface area contributed by atoms with Crippen LogP contribution in [0.4, 0.5) is 11.4 Å². The predicted octanol–water partition coefficient (Wildman–Crippen LogP) is 1.48. The lowest BCUT2D eigenvalue weighted by Gasteiger charge is -2.26. The molecule has 4 rings (SSSR count). The summed E-state index contributed by atoms with van der Waals surface area (Å²) in [6, 6.07) is 12.5. The lowest BCUT2D eigenvalue weighted by atomic mass is 9.96. The van der Waals surface area contributed by atoms with E-state index in [0.717, 1.165) is 36.2 Å². The molecule has 2 aromatic carbocycles. The molecule has 2 aliphatic heterocycles. The molecule has 0 saturated carbocycles. The highest BCUT2D eigenvalue weighted by Crippen LogP contribution is 2.38. The van der Waals surface area contributed by atoms with Crippen molar-refractivity contribution in [3.8, 4) is 0 Å². The SMILES string of the molecule is CC(O)(CNC(=O)C(=O)Nc1cc2c3c(c1)CC(=O)N3CCC2)c1ccccc1. The molecule has 0 aliphatic carbocycles. The van der Waals surface area contributed by atoms with Crippen LogP contribution in [0.3, 0.4) is 0 Å². The van der Waals surface area contributed by atoms with Crippen molar-refractivity contribution in [1.29, 1.82) is 0 Å². The minimum absolute atomic E-state index is 0.0744. The van der Waals surface area contributed by atoms with Gasteiger partial charge in [0.15, 0.2) is 0 Å². The Morgan fingerprint density at radius 1 is 1.14 bits per heavy atom. The van der Waals surface area contributed by atoms with E-state index in [0.29, 0.717) is 17.7 Å². The van der Waals surface area contributed by atoms with Crippen molar-refractivity contribution in [3.63, 3.8) is 0 Å². The van der Waals surface area contributed by atoms with Gasteiger partial charge in [0.25, 0.3) is 0 Å². The Morgan fingerprint density at radius 3 is 2.62 bits per heavy atom. The zero-order chi connectivity index (χ0) is 20.6. The molecule has 2 aliphatic rings. The van der Waals surface area contributed by atoms with Gasteiger partial charge in [-0.25, -0.2) is 0 Å². The number of carbonyl (C=O) groups excluding carboxylic acids is 3. The molecule has 7 nitrogen and oxygen atoms in total. The maximum absolute atomic E-state index is 12.3. The van der Waals surface area contributed by atoms with Gasteiger partial charge < -0.3 is 20.6 Å². The molecule has 0 saturated heterocycles. The number of aliphatic hydroxyl groups is 1. The highest BCUT2D eigenvalue weighted by Gasteiger charge is 2.32. The Bertz CT molecular complexity index is 985. The highest BCUT2D eigenvalue weighted by molar-refractivity contribution is 6.39. The summed E-state index contributed by atoms with van der Waals surface area (Å²) in [7, 11) is 0. The Balaban J connectivity index is 1.42. The van der Waals surface area contributed by atoms with Crippen LogP contribution in [0.1, 0.15) is 30.0 Å². The fraction of sp³-hybridized carbons (Fsp3) is 0.318. The van der Waals surface area contributed by atoms with Crippen LogP contribution in [0.5, 0.6) is 0 Å². The lowest BCUT2D eigenvalue weighted by molar-refractivity contribution is -0.136. The topological polar surface area (TPSA) is 98.7 Å². The molecule has 0 radical (unpaired) electrons. The summed E-state index contributed by atoms with van der Waals surface area (Å²) in [5, 5.41) is 15.7. The van der Waals surface area contributed by atoms with E-state index in [4.69, 9.17) is 0 Å². The number of nitrogens with zero attached hydrogens (tertiary/aromatic N) is 1. The molecule has 0 spiro atoms. The van der Waals surface area contributed by atoms with Gasteiger partial charge in [-0.3, -0.25) is 14.4 Å². The first kappa shape index (κ1) is 19.1. The third-order valence-corrected chi connectivity index (χ3v) is 5.46. The van der Waals surface area contributed by atoms with E-state index >= 15 is 0 Å². The van der Waals surface area contributed by atoms with E-state index in [-0.39, 0.29) is 12.5 Å². The molecule has 150 valence electrons. The van der Waals surface area contributed by atoms with Crippen LogP contribution in [0.25, 0.3) is 0 Å². The standard InChI is InChI=1S/C22H23N3O4/c1-22(29,16-7-3-2-4-8-16)13-23-20(27)21(28)24-17-10-14-6-5-9-25-18(26)12-15(11-17)19(14)25/h2-4,7-8,10-11,29H,5-6,9,12-13H2,1H3,(H,23,27)(H,24,28). The van der Waals surface area contributed by atoms with Gasteiger partial charge in [-0.2, -0.15) is 0 Å². The van der Waals surface area contributed by atoms with Crippen molar-refractivity contribution >= 4 is 29.1 Å². The number of hydrogen-bond acceptors (Lipinski definition) is 4. The summed E-state index contributed by atoms with van der Waals surface area (Å²) in [6.07, 6.45) is 2.03. The maximum Gasteiger partial charge on any atom is 0.313 e. The molecular weight excluding hydrogens is 370 g/mol. The van der Waals surface area contributed by atoms with Crippen LogP contribution >= 0.6 is 0 Å². The third-order valence-electron chi connectivity index (χ3n) is 5.46. The van der Waals surface area contributed by atoms with Gasteiger partial charge in [0.2, 0.25) is 5.91 Å². The van der Waals surface area contributed by atoms with Crippen LogP contribution in [-0.2, 0) is 32.8 Å². The van der Waals surface area contributed by atoms with Gasteiger partial charge in [0.1, 0.15) is 5.60 Å². The fourth-order valence-electron chi connectivity index (χ4n) is 3.97. The van der Waals surface area contributed by atoms with Crippen molar-refractivity contribution in [2.24, 2.45) is 0 Å². The number of aryl methyl sites for hydroxylation is 1. The molecule has 29 heavy (non-hydrogen) atoms. The molecule has 3 N–H and O–H groups in total. The summed E-state index contributed by atoms with van der Waals surface area (Å²) >= 11 is 0. The van der Waals surface area contributed by atoms with Crippen molar-refractivity contribution in [3.05, 3.63) is 59.2 Å². The van der Waals surface area contributed by atoms with E-state index in [2.05, 4.69) is 10.6 Å². The average molecular weight is 393 g/mol. The first-order valence-electron chi connectivity index (χ1n) is 9.68. The molecular formula is C22H23N3O4. The molecule has 7 heteroatoms. The molecule has 3 amide bonds. The number of anilines is 2. The van der Waals surface area contributed by atoms with Crippen molar-refractivity contribution in [2.75, 3.05) is 23.3 Å². The van der Waals surface area contributed by atoms with Crippen molar-refractivity contribution in [1.82, 2.24) is 5.32 Å². The normalized spacial score (nSPS) is 16.8. The van der Waals surface area contributed by atoms with E-state index in [1.165, 1.54) is 0 Å². The number of benzene rings is 2. The van der Waals surface area contributed by atoms with E-state index in [1.807, 2.05) is 12.1 Å². The van der Waals surface area contributed by atoms with Gasteiger partial charge >= 0.3 is 11.8 Å². The van der Waals surface area contributed by atoms with Crippen LogP contribution in [0.15, 0.2) is 42.5 Å². The Kier molecular flexibility index (Phi) is 4.84. The third kappa shape index (κ3) is 3.73. The summed E-state index contributed by atoms with van der Waals surface area (Å²) in [6.45, 7) is 2.21. The first-order valence-corrected chi connectivity index (χ1v) is 9.68. The number of rotatable bonds is 4. The second-order valence-electron chi connectivity index (χ2n) is 7.75. The van der Waals surface area contributed by atoms with Gasteiger partial charge in [-0.05, 0) is 48.6 Å². The summed E-state index contributed by atoms with van der Waals surface area (Å²) < 4.78 is 0. The fourth-order valence-corrected chi connectivity index (χ4v) is 3.97. The lowest BCUT2D eigenvalue weighted by Crippen LogP contribution is -2.43. The van der Waals surface area contributed by atoms with Crippen LogP contribution in [-0.4, -0.2) is 35.9 Å². The quantitative estimate of drug-likeness (QED) is 0.686. The van der Waals surface area contributed by atoms with Gasteiger partial charge in [0, 0.05) is 12.2 Å². The zero-order valence-electron chi connectivity index (χ0n) is 16.2. The Labute approximate surface area is 168 Å². The van der Waals surface area contributed by atoms with Crippen LogP contribution in [0.2, 0.25) is 0 Å². The maximum atomic E-state index is 12.3. The Morgan fingerprint density at radius 2 is 1.86 bits per heavy atom. The summed E-state index contributed by atoms with van der Waals surface area (Å²) in [4.78, 5) is 38.5. The van der Waals surface area contributed by atoms with Crippen molar-refractivity contribution < 1.29 is 19.5 Å². The van der Waals surface area contributed by atoms with E-state index in [9.17, 15) is 19.5 Å². The summed E-state index contributed by atoms with van der Waals surface area (Å²) in [5.41, 5.74) is 2.72. The minimum Gasteiger partial charge on any atom is -0.384 e. The minimum atomic E-state index is -1.29. The highest BCUT2D eigenvalue weighted by atomic mass is 16.3. The largest absolute Gasteiger partial charge is 0.384 e. The molecule has 1 atom stereocenters. The van der Waals surface area contributed by atoms with Crippen molar-refractivity contribution in [2.45, 2.75) is 31.8 Å². The van der Waals surface area contributed by atoms with Gasteiger partial charge in [0.05, 0.1) is 18.7 Å². The smallest absolute Gasteiger partial charge is 0.313 e. The first-order chi connectivity index (χ1) is 13.8. The molecule has 0 bridgehead atoms. The average Bonchev–Trinajstić information content (AvgIpc) is 3.03. The van der Waals surface area contributed by atoms with Crippen LogP contribution < -0.4 is 15.5 Å². The predicted molar refractivity (Wildman–Crippen MR) is 108 cm³/mol. The Hall–Kier alpha value is -3.19.